The molecule has 4 heteroatoms. The molecule has 4 nitrogen and oxygen atoms in total. The van der Waals surface area contributed by atoms with Crippen LogP contribution in [-0.4, -0.2) is 43.7 Å². The number of nitrogens with zero attached hydrogens (tertiary/aromatic N) is 1. The molecule has 0 bridgehead atoms. The van der Waals surface area contributed by atoms with Crippen molar-refractivity contribution in [3.8, 4) is 0 Å². The number of ether oxygens (including phenoxy) is 1. The summed E-state index contributed by atoms with van der Waals surface area (Å²) in [5, 5.41) is 0. The monoisotopic (exact) mass is 262 g/mol. The second-order valence-electron chi connectivity index (χ2n) is 4.92. The second kappa shape index (κ2) is 6.68. The minimum Gasteiger partial charge on any atom is -0.381 e. The molecule has 1 fully saturated rings. The quantitative estimate of drug-likeness (QED) is 0.893. The van der Waals surface area contributed by atoms with Crippen LogP contribution in [0, 0.1) is 0 Å². The highest BCUT2D eigenvalue weighted by molar-refractivity contribution is 5.95. The van der Waals surface area contributed by atoms with Crippen molar-refractivity contribution in [1.29, 1.82) is 0 Å². The summed E-state index contributed by atoms with van der Waals surface area (Å²) in [5.74, 6) is 0.124. The van der Waals surface area contributed by atoms with Gasteiger partial charge in [0.05, 0.1) is 6.10 Å². The van der Waals surface area contributed by atoms with Gasteiger partial charge in [-0.1, -0.05) is 18.2 Å². The first-order valence-corrected chi connectivity index (χ1v) is 6.86. The average molecular weight is 262 g/mol. The van der Waals surface area contributed by atoms with E-state index in [1.54, 1.807) is 7.11 Å². The Morgan fingerprint density at radius 3 is 2.68 bits per heavy atom. The number of methoxy groups -OCH3 is 1. The lowest BCUT2D eigenvalue weighted by Crippen LogP contribution is -2.41. The first-order chi connectivity index (χ1) is 9.26. The molecule has 0 unspecified atom stereocenters. The van der Waals surface area contributed by atoms with Crippen LogP contribution in [0.25, 0.3) is 0 Å². The predicted octanol–water partition coefficient (Wildman–Crippen LogP) is 1.44. The van der Waals surface area contributed by atoms with Gasteiger partial charge in [0, 0.05) is 25.8 Å². The number of carbonyl (C=O) groups excluding carboxylic acids is 1. The third kappa shape index (κ3) is 3.33. The molecule has 0 aromatic heterocycles. The fourth-order valence-electron chi connectivity index (χ4n) is 2.57. The number of rotatable bonds is 4. The predicted molar refractivity (Wildman–Crippen MR) is 75.1 cm³/mol. The number of amides is 1. The number of hydrogen-bond acceptors (Lipinski definition) is 3. The zero-order chi connectivity index (χ0) is 13.7. The summed E-state index contributed by atoms with van der Waals surface area (Å²) in [5.41, 5.74) is 7.44. The first-order valence-electron chi connectivity index (χ1n) is 6.86. The average Bonchev–Trinajstić information content (AvgIpc) is 2.47. The van der Waals surface area contributed by atoms with E-state index in [1.165, 1.54) is 0 Å². The summed E-state index contributed by atoms with van der Waals surface area (Å²) in [6, 6.07) is 7.76. The first kappa shape index (κ1) is 14.0. The molecule has 0 spiro atoms. The van der Waals surface area contributed by atoms with E-state index in [0.717, 1.165) is 43.5 Å². The van der Waals surface area contributed by atoms with Crippen molar-refractivity contribution in [3.05, 3.63) is 35.4 Å². The minimum absolute atomic E-state index is 0.124. The van der Waals surface area contributed by atoms with Crippen molar-refractivity contribution in [2.24, 2.45) is 5.73 Å². The Bertz CT molecular complexity index is 426. The molecule has 1 aliphatic heterocycles. The molecule has 2 N–H and O–H groups in total. The van der Waals surface area contributed by atoms with Crippen LogP contribution in [0.5, 0.6) is 0 Å². The lowest BCUT2D eigenvalue weighted by molar-refractivity contribution is 0.0350. The Balaban J connectivity index is 2.07. The molecule has 104 valence electrons. The lowest BCUT2D eigenvalue weighted by Gasteiger charge is -2.31. The highest BCUT2D eigenvalue weighted by Gasteiger charge is 2.24. The zero-order valence-electron chi connectivity index (χ0n) is 11.5. The second-order valence-corrected chi connectivity index (χ2v) is 4.92. The van der Waals surface area contributed by atoms with E-state index in [0.29, 0.717) is 12.6 Å². The van der Waals surface area contributed by atoms with Crippen molar-refractivity contribution in [2.75, 3.05) is 26.7 Å². The molecular weight excluding hydrogens is 240 g/mol. The van der Waals surface area contributed by atoms with Crippen molar-refractivity contribution in [1.82, 2.24) is 4.90 Å². The van der Waals surface area contributed by atoms with Crippen molar-refractivity contribution in [2.45, 2.75) is 25.4 Å². The largest absolute Gasteiger partial charge is 0.381 e. The SMILES string of the molecule is COC1CCN(C(=O)c2ccccc2CCN)CC1. The van der Waals surface area contributed by atoms with Crippen LogP contribution in [0.3, 0.4) is 0 Å². The van der Waals surface area contributed by atoms with Crippen LogP contribution in [0.15, 0.2) is 24.3 Å². The molecule has 0 saturated carbocycles. The van der Waals surface area contributed by atoms with Gasteiger partial charge in [-0.25, -0.2) is 0 Å². The van der Waals surface area contributed by atoms with E-state index in [2.05, 4.69) is 0 Å². The summed E-state index contributed by atoms with van der Waals surface area (Å²) in [4.78, 5) is 14.5. The molecule has 19 heavy (non-hydrogen) atoms. The van der Waals surface area contributed by atoms with Crippen molar-refractivity contribution < 1.29 is 9.53 Å². The van der Waals surface area contributed by atoms with Crippen molar-refractivity contribution in [3.63, 3.8) is 0 Å². The van der Waals surface area contributed by atoms with Crippen LogP contribution in [0.1, 0.15) is 28.8 Å². The molecule has 1 amide bonds. The van der Waals surface area contributed by atoms with Crippen LogP contribution in [0.2, 0.25) is 0 Å². The van der Waals surface area contributed by atoms with Gasteiger partial charge in [0.25, 0.3) is 5.91 Å². The molecule has 0 radical (unpaired) electrons. The molecule has 1 saturated heterocycles. The fraction of sp³-hybridized carbons (Fsp3) is 0.533. The van der Waals surface area contributed by atoms with Gasteiger partial charge in [0.15, 0.2) is 0 Å². The highest BCUT2D eigenvalue weighted by atomic mass is 16.5. The topological polar surface area (TPSA) is 55.6 Å². The maximum atomic E-state index is 12.5. The van der Waals surface area contributed by atoms with Gasteiger partial charge < -0.3 is 15.4 Å². The summed E-state index contributed by atoms with van der Waals surface area (Å²) >= 11 is 0. The van der Waals surface area contributed by atoms with Crippen LogP contribution in [0.4, 0.5) is 0 Å². The lowest BCUT2D eigenvalue weighted by atomic mass is 10.0. The van der Waals surface area contributed by atoms with Gasteiger partial charge in [-0.05, 0) is 37.4 Å². The highest BCUT2D eigenvalue weighted by Crippen LogP contribution is 2.18. The maximum Gasteiger partial charge on any atom is 0.254 e. The molecule has 0 aliphatic carbocycles. The van der Waals surface area contributed by atoms with Gasteiger partial charge in [-0.3, -0.25) is 4.79 Å². The number of piperidine rings is 1. The smallest absolute Gasteiger partial charge is 0.254 e. The molecule has 1 aromatic rings. The minimum atomic E-state index is 0.124. The van der Waals surface area contributed by atoms with E-state index in [9.17, 15) is 4.79 Å². The van der Waals surface area contributed by atoms with E-state index >= 15 is 0 Å². The third-order valence-electron chi connectivity index (χ3n) is 3.72. The third-order valence-corrected chi connectivity index (χ3v) is 3.72. The van der Waals surface area contributed by atoms with Crippen LogP contribution >= 0.6 is 0 Å². The Labute approximate surface area is 114 Å². The molecule has 1 heterocycles. The maximum absolute atomic E-state index is 12.5. The normalized spacial score (nSPS) is 16.6. The summed E-state index contributed by atoms with van der Waals surface area (Å²) in [6.45, 7) is 2.11. The van der Waals surface area contributed by atoms with Gasteiger partial charge in [0.1, 0.15) is 0 Å². The Morgan fingerprint density at radius 2 is 2.05 bits per heavy atom. The Kier molecular flexibility index (Phi) is 4.93. The fourth-order valence-corrected chi connectivity index (χ4v) is 2.57. The molecule has 0 atom stereocenters. The Morgan fingerprint density at radius 1 is 1.37 bits per heavy atom. The van der Waals surface area contributed by atoms with E-state index in [-0.39, 0.29) is 5.91 Å². The number of nitrogens with two attached hydrogens (primary N) is 1. The standard InChI is InChI=1S/C15H22N2O2/c1-19-13-7-10-17(11-8-13)15(18)14-5-3-2-4-12(14)6-9-16/h2-5,13H,6-11,16H2,1H3. The number of hydrogen-bond donors (Lipinski definition) is 1. The summed E-state index contributed by atoms with van der Waals surface area (Å²) < 4.78 is 5.33. The zero-order valence-corrected chi connectivity index (χ0v) is 11.5. The van der Waals surface area contributed by atoms with Gasteiger partial charge in [0.2, 0.25) is 0 Å². The van der Waals surface area contributed by atoms with Crippen molar-refractivity contribution >= 4 is 5.91 Å². The van der Waals surface area contributed by atoms with E-state index in [4.69, 9.17) is 10.5 Å². The summed E-state index contributed by atoms with van der Waals surface area (Å²) in [7, 11) is 1.73. The molecule has 1 aliphatic rings. The van der Waals surface area contributed by atoms with Crippen LogP contribution < -0.4 is 5.73 Å². The van der Waals surface area contributed by atoms with Gasteiger partial charge in [-0.15, -0.1) is 0 Å². The number of benzene rings is 1. The van der Waals surface area contributed by atoms with Gasteiger partial charge >= 0.3 is 0 Å². The molecule has 2 rings (SSSR count). The van der Waals surface area contributed by atoms with Gasteiger partial charge in [-0.2, -0.15) is 0 Å². The van der Waals surface area contributed by atoms with Crippen LogP contribution in [-0.2, 0) is 11.2 Å². The summed E-state index contributed by atoms with van der Waals surface area (Å²) in [6.07, 6.45) is 2.88. The van der Waals surface area contributed by atoms with E-state index in [1.807, 2.05) is 29.2 Å². The molecular formula is C15H22N2O2. The number of likely N-dealkylation sites (tertiary alicyclic amines) is 1. The molecule has 1 aromatic carbocycles. The van der Waals surface area contributed by atoms with E-state index < -0.39 is 0 Å². The Hall–Kier alpha value is -1.39. The number of carbonyl (C=O) groups is 1.